The molecule has 0 heterocycles. The summed E-state index contributed by atoms with van der Waals surface area (Å²) in [6.07, 6.45) is 3.56. The smallest absolute Gasteiger partial charge is 0.251 e. The van der Waals surface area contributed by atoms with Crippen molar-refractivity contribution >= 4 is 17.5 Å². The summed E-state index contributed by atoms with van der Waals surface area (Å²) in [4.78, 5) is 12.2. The van der Waals surface area contributed by atoms with Gasteiger partial charge in [0.05, 0.1) is 7.11 Å². The number of nitrogens with one attached hydrogen (secondary N) is 1. The van der Waals surface area contributed by atoms with Crippen LogP contribution >= 0.6 is 11.6 Å². The van der Waals surface area contributed by atoms with Gasteiger partial charge in [-0.15, -0.1) is 11.6 Å². The number of amides is 1. The second-order valence-corrected chi connectivity index (χ2v) is 5.81. The van der Waals surface area contributed by atoms with Crippen LogP contribution in [0.5, 0.6) is 5.75 Å². The Hall–Kier alpha value is -1.22. The van der Waals surface area contributed by atoms with Gasteiger partial charge in [-0.25, -0.2) is 0 Å². The third kappa shape index (κ3) is 3.45. The minimum Gasteiger partial charge on any atom is -0.496 e. The number of methoxy groups -OCH3 is 1. The van der Waals surface area contributed by atoms with Crippen LogP contribution in [-0.2, 0) is 0 Å². The molecule has 1 fully saturated rings. The molecule has 0 aliphatic heterocycles. The van der Waals surface area contributed by atoms with Crippen molar-refractivity contribution in [3.8, 4) is 5.75 Å². The molecule has 0 radical (unpaired) electrons. The number of ether oxygens (including phenoxy) is 1. The van der Waals surface area contributed by atoms with Gasteiger partial charge in [0.15, 0.2) is 0 Å². The van der Waals surface area contributed by atoms with Crippen molar-refractivity contribution < 1.29 is 9.53 Å². The molecule has 1 N–H and O–H groups in total. The highest BCUT2D eigenvalue weighted by atomic mass is 35.5. The number of carbonyl (C=O) groups excluding carboxylic acids is 1. The molecule has 20 heavy (non-hydrogen) atoms. The van der Waals surface area contributed by atoms with Gasteiger partial charge in [-0.05, 0) is 49.3 Å². The van der Waals surface area contributed by atoms with Crippen LogP contribution in [-0.4, -0.2) is 25.4 Å². The molecule has 0 bridgehead atoms. The highest BCUT2D eigenvalue weighted by Crippen LogP contribution is 2.32. The Morgan fingerprint density at radius 3 is 2.85 bits per heavy atom. The van der Waals surface area contributed by atoms with Gasteiger partial charge in [0.2, 0.25) is 0 Å². The summed E-state index contributed by atoms with van der Waals surface area (Å²) in [6, 6.07) is 5.53. The van der Waals surface area contributed by atoms with Crippen molar-refractivity contribution in [2.24, 2.45) is 11.8 Å². The maximum absolute atomic E-state index is 12.2. The lowest BCUT2D eigenvalue weighted by Gasteiger charge is -2.17. The second-order valence-electron chi connectivity index (χ2n) is 5.50. The molecule has 1 saturated carbocycles. The van der Waals surface area contributed by atoms with Crippen molar-refractivity contribution in [2.45, 2.75) is 26.2 Å². The standard InChI is InChI=1S/C16H22ClNO2/c1-11-6-7-12(8-15(11)20-2)16(19)18-10-14-5-3-4-13(14)9-17/h6-8,13-14H,3-5,9-10H2,1-2H3,(H,18,19). The van der Waals surface area contributed by atoms with E-state index >= 15 is 0 Å². The molecule has 2 rings (SSSR count). The second kappa shape index (κ2) is 6.98. The summed E-state index contributed by atoms with van der Waals surface area (Å²) in [7, 11) is 1.62. The van der Waals surface area contributed by atoms with Crippen molar-refractivity contribution in [1.82, 2.24) is 5.32 Å². The average molecular weight is 296 g/mol. The number of hydrogen-bond acceptors (Lipinski definition) is 2. The molecule has 1 aliphatic rings. The maximum Gasteiger partial charge on any atom is 0.251 e. The van der Waals surface area contributed by atoms with Gasteiger partial charge >= 0.3 is 0 Å². The first kappa shape index (κ1) is 15.2. The Morgan fingerprint density at radius 1 is 1.40 bits per heavy atom. The SMILES string of the molecule is COc1cc(C(=O)NCC2CCCC2CCl)ccc1C. The van der Waals surface area contributed by atoms with Gasteiger partial charge in [-0.3, -0.25) is 4.79 Å². The molecule has 1 amide bonds. The Bertz CT molecular complexity index is 476. The minimum absolute atomic E-state index is 0.0384. The number of halogens is 1. The molecule has 1 aromatic rings. The first-order chi connectivity index (χ1) is 9.65. The molecule has 0 spiro atoms. The van der Waals surface area contributed by atoms with Crippen LogP contribution in [0.25, 0.3) is 0 Å². The van der Waals surface area contributed by atoms with Crippen LogP contribution in [0.15, 0.2) is 18.2 Å². The quantitative estimate of drug-likeness (QED) is 0.846. The van der Waals surface area contributed by atoms with E-state index in [4.69, 9.17) is 16.3 Å². The van der Waals surface area contributed by atoms with Gasteiger partial charge in [-0.1, -0.05) is 12.5 Å². The van der Waals surface area contributed by atoms with E-state index in [1.54, 1.807) is 13.2 Å². The molecule has 2 unspecified atom stereocenters. The predicted molar refractivity (Wildman–Crippen MR) is 81.6 cm³/mol. The van der Waals surface area contributed by atoms with Crippen molar-refractivity contribution in [1.29, 1.82) is 0 Å². The lowest BCUT2D eigenvalue weighted by molar-refractivity contribution is 0.0944. The van der Waals surface area contributed by atoms with E-state index in [0.717, 1.165) is 17.7 Å². The molecule has 1 aromatic carbocycles. The fourth-order valence-corrected chi connectivity index (χ4v) is 3.28. The number of carbonyl (C=O) groups is 1. The fourth-order valence-electron chi connectivity index (χ4n) is 2.87. The molecule has 110 valence electrons. The summed E-state index contributed by atoms with van der Waals surface area (Å²) < 4.78 is 5.25. The van der Waals surface area contributed by atoms with Crippen molar-refractivity contribution in [3.05, 3.63) is 29.3 Å². The van der Waals surface area contributed by atoms with Gasteiger partial charge < -0.3 is 10.1 Å². The van der Waals surface area contributed by atoms with Gasteiger partial charge in [0, 0.05) is 18.0 Å². The van der Waals surface area contributed by atoms with Crippen LogP contribution in [0.2, 0.25) is 0 Å². The number of aryl methyl sites for hydroxylation is 1. The normalized spacial score (nSPS) is 21.8. The van der Waals surface area contributed by atoms with E-state index in [2.05, 4.69) is 5.32 Å². The molecule has 4 heteroatoms. The molecule has 0 aromatic heterocycles. The first-order valence-corrected chi connectivity index (χ1v) is 7.68. The molecular formula is C16H22ClNO2. The summed E-state index contributed by atoms with van der Waals surface area (Å²) in [5.41, 5.74) is 1.68. The lowest BCUT2D eigenvalue weighted by Crippen LogP contribution is -2.31. The zero-order valence-corrected chi connectivity index (χ0v) is 12.9. The van der Waals surface area contributed by atoms with Crippen LogP contribution in [0.4, 0.5) is 0 Å². The maximum atomic E-state index is 12.2. The molecule has 1 aliphatic carbocycles. The predicted octanol–water partition coefficient (Wildman–Crippen LogP) is 3.39. The Balaban J connectivity index is 1.95. The molecule has 2 atom stereocenters. The van der Waals surface area contributed by atoms with Crippen molar-refractivity contribution in [2.75, 3.05) is 19.5 Å². The topological polar surface area (TPSA) is 38.3 Å². The highest BCUT2D eigenvalue weighted by Gasteiger charge is 2.26. The fraction of sp³-hybridized carbons (Fsp3) is 0.562. The van der Waals surface area contributed by atoms with Crippen molar-refractivity contribution in [3.63, 3.8) is 0 Å². The van der Waals surface area contributed by atoms with E-state index in [1.807, 2.05) is 19.1 Å². The molecule has 0 saturated heterocycles. The Morgan fingerprint density at radius 2 is 2.15 bits per heavy atom. The first-order valence-electron chi connectivity index (χ1n) is 7.14. The largest absolute Gasteiger partial charge is 0.496 e. The van der Waals surface area contributed by atoms with E-state index in [1.165, 1.54) is 12.8 Å². The average Bonchev–Trinajstić information content (AvgIpc) is 2.92. The summed E-state index contributed by atoms with van der Waals surface area (Å²) in [6.45, 7) is 2.68. The number of rotatable bonds is 5. The van der Waals surface area contributed by atoms with E-state index < -0.39 is 0 Å². The highest BCUT2D eigenvalue weighted by molar-refractivity contribution is 6.18. The third-order valence-corrected chi connectivity index (χ3v) is 4.61. The van der Waals surface area contributed by atoms with Gasteiger partial charge in [0.1, 0.15) is 5.75 Å². The zero-order valence-electron chi connectivity index (χ0n) is 12.1. The van der Waals surface area contributed by atoms with Gasteiger partial charge in [0.25, 0.3) is 5.91 Å². The van der Waals surface area contributed by atoms with Crippen LogP contribution in [0, 0.1) is 18.8 Å². The van der Waals surface area contributed by atoms with Gasteiger partial charge in [-0.2, -0.15) is 0 Å². The van der Waals surface area contributed by atoms with Crippen LogP contribution in [0.3, 0.4) is 0 Å². The molecular weight excluding hydrogens is 274 g/mol. The van der Waals surface area contributed by atoms with E-state index in [0.29, 0.717) is 29.8 Å². The Kier molecular flexibility index (Phi) is 5.30. The summed E-state index contributed by atoms with van der Waals surface area (Å²) >= 11 is 5.96. The zero-order chi connectivity index (χ0) is 14.5. The lowest BCUT2D eigenvalue weighted by atomic mass is 9.98. The summed E-state index contributed by atoms with van der Waals surface area (Å²) in [5, 5.41) is 3.02. The monoisotopic (exact) mass is 295 g/mol. The number of hydrogen-bond donors (Lipinski definition) is 1. The van der Waals surface area contributed by atoms with Crippen LogP contribution in [0.1, 0.15) is 35.2 Å². The van der Waals surface area contributed by atoms with E-state index in [-0.39, 0.29) is 5.91 Å². The summed E-state index contributed by atoms with van der Waals surface area (Å²) in [5.74, 6) is 2.47. The third-order valence-electron chi connectivity index (χ3n) is 4.21. The minimum atomic E-state index is -0.0384. The number of benzene rings is 1. The molecule has 3 nitrogen and oxygen atoms in total. The Labute approximate surface area is 125 Å². The van der Waals surface area contributed by atoms with E-state index in [9.17, 15) is 4.79 Å². The van der Waals surface area contributed by atoms with Crippen LogP contribution < -0.4 is 10.1 Å². The number of alkyl halides is 1.